The van der Waals surface area contributed by atoms with Gasteiger partial charge in [0.15, 0.2) is 0 Å². The molecule has 60 valence electrons. The van der Waals surface area contributed by atoms with Gasteiger partial charge in [0.1, 0.15) is 6.79 Å². The van der Waals surface area contributed by atoms with Crippen LogP contribution < -0.4 is 5.32 Å². The molecule has 0 unspecified atom stereocenters. The number of hydrogen-bond donors (Lipinski definition) is 2. The zero-order chi connectivity index (χ0) is 8.57. The van der Waals surface area contributed by atoms with E-state index in [9.17, 15) is 4.79 Å². The van der Waals surface area contributed by atoms with E-state index in [-0.39, 0.29) is 12.6 Å². The Morgan fingerprint density at radius 2 is 2.00 bits per heavy atom. The first-order chi connectivity index (χ1) is 4.63. The Bertz CT molecular complexity index is 93.0. The Labute approximate surface area is 60.2 Å². The highest BCUT2D eigenvalue weighted by molar-refractivity contribution is 5.69. The number of hydrogen-bond acceptors (Lipinski definition) is 3. The standard InChI is InChI=1S/C5H11NO2.CH2O/c1-4(2)6-3-5(7)8;1-2/h4,6H,3H2,1-2H3,(H,7,8);1H2. The first-order valence-corrected chi connectivity index (χ1v) is 2.87. The fraction of sp³-hybridized carbons (Fsp3) is 0.667. The quantitative estimate of drug-likeness (QED) is 0.584. The van der Waals surface area contributed by atoms with Crippen molar-refractivity contribution < 1.29 is 14.7 Å². The van der Waals surface area contributed by atoms with Gasteiger partial charge in [0.2, 0.25) is 0 Å². The number of carbonyl (C=O) groups excluding carboxylic acids is 1. The van der Waals surface area contributed by atoms with Crippen molar-refractivity contribution in [2.45, 2.75) is 19.9 Å². The summed E-state index contributed by atoms with van der Waals surface area (Å²) in [5, 5.41) is 10.8. The van der Waals surface area contributed by atoms with Crippen LogP contribution in [0.1, 0.15) is 13.8 Å². The fourth-order valence-electron chi connectivity index (χ4n) is 0.291. The van der Waals surface area contributed by atoms with E-state index in [1.165, 1.54) is 0 Å². The van der Waals surface area contributed by atoms with E-state index in [1.54, 1.807) is 0 Å². The summed E-state index contributed by atoms with van der Waals surface area (Å²) in [5.74, 6) is -0.807. The van der Waals surface area contributed by atoms with Crippen LogP contribution in [0, 0.1) is 0 Å². The molecule has 0 spiro atoms. The van der Waals surface area contributed by atoms with Gasteiger partial charge < -0.3 is 15.2 Å². The van der Waals surface area contributed by atoms with Gasteiger partial charge in [0, 0.05) is 6.04 Å². The van der Waals surface area contributed by atoms with Gasteiger partial charge in [-0.15, -0.1) is 0 Å². The number of carboxylic acid groups (broad SMARTS) is 1. The minimum absolute atomic E-state index is 0.0532. The van der Waals surface area contributed by atoms with Crippen LogP contribution in [0.4, 0.5) is 0 Å². The highest BCUT2D eigenvalue weighted by Gasteiger charge is 1.95. The lowest BCUT2D eigenvalue weighted by atomic mass is 10.4. The molecule has 10 heavy (non-hydrogen) atoms. The van der Waals surface area contributed by atoms with Crippen molar-refractivity contribution in [1.82, 2.24) is 5.32 Å². The summed E-state index contributed by atoms with van der Waals surface area (Å²) >= 11 is 0. The highest BCUT2D eigenvalue weighted by atomic mass is 16.4. The van der Waals surface area contributed by atoms with Gasteiger partial charge >= 0.3 is 5.97 Å². The molecule has 2 N–H and O–H groups in total. The lowest BCUT2D eigenvalue weighted by molar-refractivity contribution is -0.136. The van der Waals surface area contributed by atoms with Gasteiger partial charge in [-0.2, -0.15) is 0 Å². The SMILES string of the molecule is C=O.CC(C)NCC(=O)O. The van der Waals surface area contributed by atoms with Crippen molar-refractivity contribution >= 4 is 12.8 Å². The van der Waals surface area contributed by atoms with Crippen molar-refractivity contribution in [2.75, 3.05) is 6.54 Å². The average molecular weight is 147 g/mol. The molecule has 0 rings (SSSR count). The van der Waals surface area contributed by atoms with E-state index in [4.69, 9.17) is 9.90 Å². The second-order valence-corrected chi connectivity index (χ2v) is 1.93. The highest BCUT2D eigenvalue weighted by Crippen LogP contribution is 1.72. The summed E-state index contributed by atoms with van der Waals surface area (Å²) in [7, 11) is 0. The number of carboxylic acids is 1. The summed E-state index contributed by atoms with van der Waals surface area (Å²) in [6.45, 7) is 5.86. The largest absolute Gasteiger partial charge is 0.480 e. The molecule has 0 radical (unpaired) electrons. The van der Waals surface area contributed by atoms with Crippen molar-refractivity contribution in [2.24, 2.45) is 0 Å². The van der Waals surface area contributed by atoms with E-state index in [0.717, 1.165) is 0 Å². The number of nitrogens with one attached hydrogen (secondary N) is 1. The molecule has 0 bridgehead atoms. The molecule has 0 aromatic heterocycles. The van der Waals surface area contributed by atoms with Crippen molar-refractivity contribution in [3.05, 3.63) is 0 Å². The third kappa shape index (κ3) is 15.7. The molecule has 0 fully saturated rings. The molecule has 0 heterocycles. The fourth-order valence-corrected chi connectivity index (χ4v) is 0.291. The minimum atomic E-state index is -0.807. The van der Waals surface area contributed by atoms with Gasteiger partial charge in [0.25, 0.3) is 0 Å². The van der Waals surface area contributed by atoms with Crippen molar-refractivity contribution in [3.63, 3.8) is 0 Å². The normalized spacial score (nSPS) is 8.30. The van der Waals surface area contributed by atoms with Crippen molar-refractivity contribution in [1.29, 1.82) is 0 Å². The van der Waals surface area contributed by atoms with Crippen LogP contribution >= 0.6 is 0 Å². The van der Waals surface area contributed by atoms with Crippen LogP contribution in [0.2, 0.25) is 0 Å². The first-order valence-electron chi connectivity index (χ1n) is 2.87. The maximum atomic E-state index is 9.84. The summed E-state index contributed by atoms with van der Waals surface area (Å²) in [6, 6.07) is 0.256. The molecular formula is C6H13NO3. The van der Waals surface area contributed by atoms with Crippen LogP contribution in [0.5, 0.6) is 0 Å². The molecule has 0 aliphatic carbocycles. The molecule has 0 saturated heterocycles. The Morgan fingerprint density at radius 1 is 1.60 bits per heavy atom. The Balaban J connectivity index is 0. The summed E-state index contributed by atoms with van der Waals surface area (Å²) < 4.78 is 0. The predicted molar refractivity (Wildman–Crippen MR) is 37.9 cm³/mol. The maximum absolute atomic E-state index is 9.84. The Hall–Kier alpha value is -0.900. The van der Waals surface area contributed by atoms with Gasteiger partial charge in [-0.3, -0.25) is 4.79 Å². The van der Waals surface area contributed by atoms with E-state index in [0.29, 0.717) is 0 Å². The molecule has 0 aromatic rings. The summed E-state index contributed by atoms with van der Waals surface area (Å²) in [6.07, 6.45) is 0. The van der Waals surface area contributed by atoms with Gasteiger partial charge in [-0.1, -0.05) is 13.8 Å². The molecule has 0 aromatic carbocycles. The maximum Gasteiger partial charge on any atom is 0.317 e. The molecule has 0 aliphatic heterocycles. The molecule has 0 aliphatic rings. The van der Waals surface area contributed by atoms with Crippen LogP contribution in [0.15, 0.2) is 0 Å². The minimum Gasteiger partial charge on any atom is -0.480 e. The second-order valence-electron chi connectivity index (χ2n) is 1.93. The average Bonchev–Trinajstić information content (AvgIpc) is 1.89. The zero-order valence-electron chi connectivity index (χ0n) is 6.26. The molecule has 0 saturated carbocycles. The van der Waals surface area contributed by atoms with Gasteiger partial charge in [0.05, 0.1) is 6.54 Å². The third-order valence-corrected chi connectivity index (χ3v) is 0.662. The molecule has 4 heteroatoms. The second kappa shape index (κ2) is 8.10. The van der Waals surface area contributed by atoms with E-state index >= 15 is 0 Å². The topological polar surface area (TPSA) is 66.4 Å². The smallest absolute Gasteiger partial charge is 0.317 e. The van der Waals surface area contributed by atoms with E-state index < -0.39 is 5.97 Å². The molecular weight excluding hydrogens is 134 g/mol. The Morgan fingerprint density at radius 3 is 2.10 bits per heavy atom. The lowest BCUT2D eigenvalue weighted by Gasteiger charge is -2.02. The number of aliphatic carboxylic acids is 1. The third-order valence-electron chi connectivity index (χ3n) is 0.662. The predicted octanol–water partition coefficient (Wildman–Crippen LogP) is -0.116. The van der Waals surface area contributed by atoms with Gasteiger partial charge in [-0.05, 0) is 0 Å². The summed E-state index contributed by atoms with van der Waals surface area (Å²) in [5.41, 5.74) is 0. The van der Waals surface area contributed by atoms with Crippen LogP contribution in [0.3, 0.4) is 0 Å². The lowest BCUT2D eigenvalue weighted by Crippen LogP contribution is -2.28. The molecule has 0 amide bonds. The molecule has 4 nitrogen and oxygen atoms in total. The van der Waals surface area contributed by atoms with E-state index in [1.807, 2.05) is 20.6 Å². The van der Waals surface area contributed by atoms with Crippen molar-refractivity contribution in [3.8, 4) is 0 Å². The van der Waals surface area contributed by atoms with Crippen LogP contribution in [-0.2, 0) is 9.59 Å². The van der Waals surface area contributed by atoms with Gasteiger partial charge in [-0.25, -0.2) is 0 Å². The number of carbonyl (C=O) groups is 2. The zero-order valence-corrected chi connectivity index (χ0v) is 6.26. The Kier molecular flexibility index (Phi) is 9.59. The summed E-state index contributed by atoms with van der Waals surface area (Å²) in [4.78, 5) is 17.8. The monoisotopic (exact) mass is 147 g/mol. The number of rotatable bonds is 3. The van der Waals surface area contributed by atoms with Crippen LogP contribution in [0.25, 0.3) is 0 Å². The first kappa shape index (κ1) is 11.8. The van der Waals surface area contributed by atoms with Crippen LogP contribution in [-0.4, -0.2) is 30.5 Å². The molecule has 0 atom stereocenters. The van der Waals surface area contributed by atoms with E-state index in [2.05, 4.69) is 5.32 Å².